The lowest BCUT2D eigenvalue weighted by Crippen LogP contribution is -2.13. The van der Waals surface area contributed by atoms with Crippen LogP contribution in [0, 0.1) is 12.7 Å². The molecule has 110 valence electrons. The molecule has 4 N–H and O–H groups in total. The normalized spacial score (nSPS) is 12.0. The number of ether oxygens (including phenoxy) is 1. The number of primary amides is 1. The zero-order chi connectivity index (χ0) is 15.6. The highest BCUT2D eigenvalue weighted by molar-refractivity contribution is 5.95. The molecule has 4 nitrogen and oxygen atoms in total. The number of nitrogens with two attached hydrogens (primary N) is 2. The van der Waals surface area contributed by atoms with Crippen LogP contribution in [0.1, 0.15) is 34.5 Å². The van der Waals surface area contributed by atoms with E-state index in [-0.39, 0.29) is 11.4 Å². The molecule has 0 heterocycles. The van der Waals surface area contributed by atoms with Crippen molar-refractivity contribution < 1.29 is 13.9 Å². The maximum absolute atomic E-state index is 13.7. The summed E-state index contributed by atoms with van der Waals surface area (Å²) in [6, 6.07) is 9.12. The van der Waals surface area contributed by atoms with Crippen LogP contribution in [0.2, 0.25) is 0 Å². The third-order valence-electron chi connectivity index (χ3n) is 3.15. The Morgan fingerprint density at radius 1 is 1.24 bits per heavy atom. The zero-order valence-electron chi connectivity index (χ0n) is 11.9. The van der Waals surface area contributed by atoms with Crippen LogP contribution in [0.5, 0.6) is 11.5 Å². The first-order chi connectivity index (χ1) is 9.90. The van der Waals surface area contributed by atoms with Gasteiger partial charge in [0.05, 0.1) is 5.56 Å². The molecular formula is C16H17FN2O2. The minimum atomic E-state index is -0.591. The third kappa shape index (κ3) is 3.20. The predicted molar refractivity (Wildman–Crippen MR) is 78.8 cm³/mol. The van der Waals surface area contributed by atoms with Gasteiger partial charge in [-0.2, -0.15) is 0 Å². The molecule has 0 saturated carbocycles. The molecule has 0 aromatic heterocycles. The number of aryl methyl sites for hydroxylation is 1. The summed E-state index contributed by atoms with van der Waals surface area (Å²) in [6.07, 6.45) is 0. The minimum Gasteiger partial charge on any atom is -0.456 e. The molecule has 0 aliphatic carbocycles. The summed E-state index contributed by atoms with van der Waals surface area (Å²) in [5.74, 6) is -0.208. The van der Waals surface area contributed by atoms with E-state index in [1.54, 1.807) is 44.2 Å². The molecule has 2 rings (SSSR count). The van der Waals surface area contributed by atoms with Gasteiger partial charge in [-0.05, 0) is 43.7 Å². The van der Waals surface area contributed by atoms with Crippen molar-refractivity contribution in [3.8, 4) is 11.5 Å². The highest BCUT2D eigenvalue weighted by Crippen LogP contribution is 2.32. The lowest BCUT2D eigenvalue weighted by molar-refractivity contribution is 0.0998. The van der Waals surface area contributed by atoms with Crippen molar-refractivity contribution in [2.75, 3.05) is 0 Å². The van der Waals surface area contributed by atoms with Crippen LogP contribution >= 0.6 is 0 Å². The molecule has 0 unspecified atom stereocenters. The number of amides is 1. The van der Waals surface area contributed by atoms with E-state index in [1.807, 2.05) is 0 Å². The Bertz CT molecular complexity index is 684. The molecule has 2 aromatic rings. The van der Waals surface area contributed by atoms with Gasteiger partial charge in [0, 0.05) is 11.6 Å². The summed E-state index contributed by atoms with van der Waals surface area (Å²) >= 11 is 0. The summed E-state index contributed by atoms with van der Waals surface area (Å²) in [7, 11) is 0. The zero-order valence-corrected chi connectivity index (χ0v) is 11.9. The standard InChI is InChI=1S/C16H17FN2O2/c1-9-7-15(12(10(2)18)8-13(9)17)21-14-6-4-3-5-11(14)16(19)20/h3-8,10H,18H2,1-2H3,(H2,19,20)/t10-/m0/s1. The highest BCUT2D eigenvalue weighted by Gasteiger charge is 2.15. The van der Waals surface area contributed by atoms with E-state index in [1.165, 1.54) is 6.07 Å². The van der Waals surface area contributed by atoms with Gasteiger partial charge in [0.2, 0.25) is 0 Å². The number of rotatable bonds is 4. The van der Waals surface area contributed by atoms with E-state index >= 15 is 0 Å². The molecule has 5 heteroatoms. The molecule has 0 aliphatic rings. The molecule has 1 amide bonds. The van der Waals surface area contributed by atoms with Gasteiger partial charge < -0.3 is 16.2 Å². The summed E-state index contributed by atoms with van der Waals surface area (Å²) in [5.41, 5.74) is 12.4. The van der Waals surface area contributed by atoms with Crippen molar-refractivity contribution >= 4 is 5.91 Å². The van der Waals surface area contributed by atoms with Crippen molar-refractivity contribution in [3.05, 3.63) is 58.9 Å². The molecule has 0 aliphatic heterocycles. The van der Waals surface area contributed by atoms with Gasteiger partial charge in [-0.3, -0.25) is 4.79 Å². The highest BCUT2D eigenvalue weighted by atomic mass is 19.1. The maximum Gasteiger partial charge on any atom is 0.252 e. The number of carbonyl (C=O) groups is 1. The second kappa shape index (κ2) is 5.93. The fourth-order valence-corrected chi connectivity index (χ4v) is 1.99. The average molecular weight is 288 g/mol. The molecular weight excluding hydrogens is 271 g/mol. The van der Waals surface area contributed by atoms with Crippen molar-refractivity contribution in [2.45, 2.75) is 19.9 Å². The number of para-hydroxylation sites is 1. The summed E-state index contributed by atoms with van der Waals surface area (Å²) in [5, 5.41) is 0. The van der Waals surface area contributed by atoms with E-state index in [0.717, 1.165) is 0 Å². The molecule has 0 bridgehead atoms. The Labute approximate surface area is 122 Å². The summed E-state index contributed by atoms with van der Waals surface area (Å²) < 4.78 is 19.4. The van der Waals surface area contributed by atoms with E-state index in [0.29, 0.717) is 22.6 Å². The Morgan fingerprint density at radius 3 is 2.52 bits per heavy atom. The topological polar surface area (TPSA) is 78.3 Å². The van der Waals surface area contributed by atoms with Crippen LogP contribution in [-0.4, -0.2) is 5.91 Å². The predicted octanol–water partition coefficient (Wildman–Crippen LogP) is 3.05. The van der Waals surface area contributed by atoms with Gasteiger partial charge in [0.25, 0.3) is 5.91 Å². The monoisotopic (exact) mass is 288 g/mol. The number of halogens is 1. The van der Waals surface area contributed by atoms with Crippen LogP contribution in [0.4, 0.5) is 4.39 Å². The molecule has 0 radical (unpaired) electrons. The Balaban J connectivity index is 2.49. The number of benzene rings is 2. The molecule has 2 aromatic carbocycles. The van der Waals surface area contributed by atoms with E-state index in [9.17, 15) is 9.18 Å². The van der Waals surface area contributed by atoms with Crippen LogP contribution in [0.25, 0.3) is 0 Å². The van der Waals surface area contributed by atoms with Gasteiger partial charge in [-0.25, -0.2) is 4.39 Å². The first-order valence-corrected chi connectivity index (χ1v) is 6.52. The summed E-state index contributed by atoms with van der Waals surface area (Å²) in [4.78, 5) is 11.4. The smallest absolute Gasteiger partial charge is 0.252 e. The molecule has 0 saturated heterocycles. The maximum atomic E-state index is 13.7. The van der Waals surface area contributed by atoms with Crippen LogP contribution in [-0.2, 0) is 0 Å². The molecule has 1 atom stereocenters. The lowest BCUT2D eigenvalue weighted by Gasteiger charge is -2.16. The Morgan fingerprint density at radius 2 is 1.90 bits per heavy atom. The fourth-order valence-electron chi connectivity index (χ4n) is 1.99. The number of hydrogen-bond acceptors (Lipinski definition) is 3. The average Bonchev–Trinajstić information content (AvgIpc) is 2.42. The number of hydrogen-bond donors (Lipinski definition) is 2. The molecule has 0 fully saturated rings. The second-order valence-electron chi connectivity index (χ2n) is 4.89. The van der Waals surface area contributed by atoms with Gasteiger partial charge in [0.15, 0.2) is 0 Å². The van der Waals surface area contributed by atoms with E-state index in [4.69, 9.17) is 16.2 Å². The van der Waals surface area contributed by atoms with E-state index < -0.39 is 11.9 Å². The van der Waals surface area contributed by atoms with Gasteiger partial charge in [-0.1, -0.05) is 12.1 Å². The van der Waals surface area contributed by atoms with E-state index in [2.05, 4.69) is 0 Å². The third-order valence-corrected chi connectivity index (χ3v) is 3.15. The van der Waals surface area contributed by atoms with Gasteiger partial charge >= 0.3 is 0 Å². The molecule has 21 heavy (non-hydrogen) atoms. The Hall–Kier alpha value is -2.40. The largest absolute Gasteiger partial charge is 0.456 e. The second-order valence-corrected chi connectivity index (χ2v) is 4.89. The number of carbonyl (C=O) groups excluding carboxylic acids is 1. The minimum absolute atomic E-state index is 0.259. The van der Waals surface area contributed by atoms with Crippen LogP contribution in [0.15, 0.2) is 36.4 Å². The summed E-state index contributed by atoms with van der Waals surface area (Å²) in [6.45, 7) is 3.37. The first-order valence-electron chi connectivity index (χ1n) is 6.52. The van der Waals surface area contributed by atoms with Crippen LogP contribution in [0.3, 0.4) is 0 Å². The fraction of sp³-hybridized carbons (Fsp3) is 0.188. The van der Waals surface area contributed by atoms with Crippen molar-refractivity contribution in [2.24, 2.45) is 11.5 Å². The van der Waals surface area contributed by atoms with Crippen LogP contribution < -0.4 is 16.2 Å². The lowest BCUT2D eigenvalue weighted by atomic mass is 10.0. The van der Waals surface area contributed by atoms with Crippen molar-refractivity contribution in [1.29, 1.82) is 0 Å². The van der Waals surface area contributed by atoms with Crippen molar-refractivity contribution in [3.63, 3.8) is 0 Å². The quantitative estimate of drug-likeness (QED) is 0.907. The first kappa shape index (κ1) is 15.0. The van der Waals surface area contributed by atoms with Crippen molar-refractivity contribution in [1.82, 2.24) is 0 Å². The molecule has 0 spiro atoms. The van der Waals surface area contributed by atoms with Gasteiger partial charge in [-0.15, -0.1) is 0 Å². The Kier molecular flexibility index (Phi) is 4.23. The van der Waals surface area contributed by atoms with Gasteiger partial charge in [0.1, 0.15) is 17.3 Å². The SMILES string of the molecule is Cc1cc(Oc2ccccc2C(N)=O)c([C@H](C)N)cc1F.